The van der Waals surface area contributed by atoms with E-state index < -0.39 is 6.04 Å². The molecule has 1 saturated heterocycles. The average Bonchev–Trinajstić information content (AvgIpc) is 3.25. The van der Waals surface area contributed by atoms with E-state index in [1.165, 1.54) is 6.92 Å². The number of benzene rings is 1. The van der Waals surface area contributed by atoms with Crippen molar-refractivity contribution in [3.05, 3.63) is 71.7 Å². The number of aromatic nitrogens is 3. The summed E-state index contributed by atoms with van der Waals surface area (Å²) >= 11 is 0. The molecule has 0 aliphatic carbocycles. The highest BCUT2D eigenvalue weighted by atomic mass is 16.5. The molecule has 1 atom stereocenters. The summed E-state index contributed by atoms with van der Waals surface area (Å²) in [5.74, 6) is 0.773. The molecule has 2 amide bonds. The number of aryl methyl sites for hydroxylation is 1. The Morgan fingerprint density at radius 2 is 1.97 bits per heavy atom. The Kier molecular flexibility index (Phi) is 7.38. The summed E-state index contributed by atoms with van der Waals surface area (Å²) in [4.78, 5) is 30.4. The van der Waals surface area contributed by atoms with Gasteiger partial charge in [0.1, 0.15) is 23.7 Å². The van der Waals surface area contributed by atoms with E-state index in [1.807, 2.05) is 12.1 Å². The number of carbonyl (C=O) groups excluding carboxylic acids is 2. The van der Waals surface area contributed by atoms with Gasteiger partial charge < -0.3 is 20.3 Å². The third-order valence-corrected chi connectivity index (χ3v) is 5.75. The van der Waals surface area contributed by atoms with Gasteiger partial charge in [-0.1, -0.05) is 12.1 Å². The highest BCUT2D eigenvalue weighted by molar-refractivity contribution is 5.94. The first kappa shape index (κ1) is 23.9. The fourth-order valence-corrected chi connectivity index (χ4v) is 3.74. The number of amides is 2. The maximum absolute atomic E-state index is 13.1. The molecule has 35 heavy (non-hydrogen) atoms. The number of carbonyl (C=O) groups is 2. The number of nitriles is 1. The van der Waals surface area contributed by atoms with Crippen LogP contribution in [0.2, 0.25) is 0 Å². The van der Waals surface area contributed by atoms with Crippen LogP contribution in [0.3, 0.4) is 0 Å². The molecule has 0 radical (unpaired) electrons. The molecule has 1 aliphatic rings. The topological polar surface area (TPSA) is 125 Å². The summed E-state index contributed by atoms with van der Waals surface area (Å²) in [7, 11) is 1.80. The van der Waals surface area contributed by atoms with E-state index >= 15 is 0 Å². The van der Waals surface area contributed by atoms with Crippen LogP contribution in [0, 0.1) is 11.3 Å². The lowest BCUT2D eigenvalue weighted by Crippen LogP contribution is -2.55. The maximum atomic E-state index is 13.1. The lowest BCUT2D eigenvalue weighted by molar-refractivity contribution is -0.137. The van der Waals surface area contributed by atoms with Crippen LogP contribution in [0.4, 0.5) is 5.82 Å². The van der Waals surface area contributed by atoms with Crippen molar-refractivity contribution in [2.24, 2.45) is 7.05 Å². The number of ether oxygens (including phenoxy) is 1. The van der Waals surface area contributed by atoms with E-state index in [0.29, 0.717) is 43.2 Å². The number of likely N-dealkylation sites (tertiary alicyclic amines) is 1. The number of rotatable bonds is 9. The third-order valence-electron chi connectivity index (χ3n) is 5.75. The standard InChI is InChI=1S/C25H27N7O3/c1-17(33)32-15-22(16-32)35-21-7-8-23(28-13-21)30-25(34)24(20-12-29-31(2)14-20)27-10-9-18-3-5-19(11-26)6-4-18/h3-8,12-14,22,24,27H,9-10,15-16H2,1-2H3,(H,28,30,34). The minimum atomic E-state index is -0.618. The Morgan fingerprint density at radius 1 is 1.20 bits per heavy atom. The van der Waals surface area contributed by atoms with Crippen LogP contribution in [0.1, 0.15) is 29.7 Å². The van der Waals surface area contributed by atoms with Gasteiger partial charge in [0.2, 0.25) is 11.8 Å². The quantitative estimate of drug-likeness (QED) is 0.485. The summed E-state index contributed by atoms with van der Waals surface area (Å²) in [6.45, 7) is 3.22. The zero-order valence-electron chi connectivity index (χ0n) is 19.6. The second kappa shape index (κ2) is 10.8. The van der Waals surface area contributed by atoms with Crippen LogP contribution in [-0.2, 0) is 23.1 Å². The predicted molar refractivity (Wildman–Crippen MR) is 128 cm³/mol. The minimum Gasteiger partial charge on any atom is -0.485 e. The normalized spacial score (nSPS) is 14.0. The zero-order chi connectivity index (χ0) is 24.8. The smallest absolute Gasteiger partial charge is 0.247 e. The summed E-state index contributed by atoms with van der Waals surface area (Å²) < 4.78 is 7.46. The van der Waals surface area contributed by atoms with Crippen molar-refractivity contribution < 1.29 is 14.3 Å². The minimum absolute atomic E-state index is 0.0368. The lowest BCUT2D eigenvalue weighted by atomic mass is 10.1. The predicted octanol–water partition coefficient (Wildman–Crippen LogP) is 1.81. The van der Waals surface area contributed by atoms with Gasteiger partial charge in [0.05, 0.1) is 37.1 Å². The fraction of sp³-hybridized carbons (Fsp3) is 0.320. The summed E-state index contributed by atoms with van der Waals surface area (Å²) in [5, 5.41) is 19.3. The summed E-state index contributed by atoms with van der Waals surface area (Å²) in [6.07, 6.45) is 5.67. The van der Waals surface area contributed by atoms with Crippen LogP contribution in [0.15, 0.2) is 55.0 Å². The van der Waals surface area contributed by atoms with Crippen molar-refractivity contribution in [1.29, 1.82) is 5.26 Å². The number of anilines is 1. The maximum Gasteiger partial charge on any atom is 0.247 e. The molecule has 1 fully saturated rings. The highest BCUT2D eigenvalue weighted by Crippen LogP contribution is 2.20. The van der Waals surface area contributed by atoms with Gasteiger partial charge in [0.25, 0.3) is 0 Å². The van der Waals surface area contributed by atoms with E-state index in [4.69, 9.17) is 10.00 Å². The first-order valence-corrected chi connectivity index (χ1v) is 11.3. The monoisotopic (exact) mass is 473 g/mol. The summed E-state index contributed by atoms with van der Waals surface area (Å²) in [5.41, 5.74) is 2.42. The second-order valence-corrected chi connectivity index (χ2v) is 8.43. The first-order chi connectivity index (χ1) is 16.9. The van der Waals surface area contributed by atoms with Gasteiger partial charge in [-0.05, 0) is 36.2 Å². The second-order valence-electron chi connectivity index (χ2n) is 8.43. The molecule has 10 nitrogen and oxygen atoms in total. The molecule has 10 heteroatoms. The molecular weight excluding hydrogens is 446 g/mol. The van der Waals surface area contributed by atoms with E-state index in [-0.39, 0.29) is 17.9 Å². The molecule has 0 saturated carbocycles. The number of nitrogens with zero attached hydrogens (tertiary/aromatic N) is 5. The van der Waals surface area contributed by atoms with Crippen molar-refractivity contribution in [2.75, 3.05) is 25.0 Å². The Hall–Kier alpha value is -4.23. The Balaban J connectivity index is 1.34. The van der Waals surface area contributed by atoms with Gasteiger partial charge in [-0.3, -0.25) is 14.3 Å². The molecular formula is C25H27N7O3. The van der Waals surface area contributed by atoms with Gasteiger partial charge in [-0.2, -0.15) is 10.4 Å². The lowest BCUT2D eigenvalue weighted by Gasteiger charge is -2.38. The van der Waals surface area contributed by atoms with Gasteiger partial charge >= 0.3 is 0 Å². The molecule has 2 aromatic heterocycles. The summed E-state index contributed by atoms with van der Waals surface area (Å²) in [6, 6.07) is 12.3. The fourth-order valence-electron chi connectivity index (χ4n) is 3.74. The molecule has 1 unspecified atom stereocenters. The molecule has 3 heterocycles. The average molecular weight is 474 g/mol. The highest BCUT2D eigenvalue weighted by Gasteiger charge is 2.30. The van der Waals surface area contributed by atoms with Crippen molar-refractivity contribution >= 4 is 17.6 Å². The van der Waals surface area contributed by atoms with Gasteiger partial charge in [-0.15, -0.1) is 0 Å². The SMILES string of the molecule is CC(=O)N1CC(Oc2ccc(NC(=O)C(NCCc3ccc(C#N)cc3)c3cnn(C)c3)nc2)C1. The third kappa shape index (κ3) is 6.22. The van der Waals surface area contributed by atoms with Crippen LogP contribution in [0.5, 0.6) is 5.75 Å². The van der Waals surface area contributed by atoms with E-state index in [1.54, 1.807) is 59.5 Å². The Labute approximate surface area is 203 Å². The van der Waals surface area contributed by atoms with E-state index in [2.05, 4.69) is 26.8 Å². The molecule has 2 N–H and O–H groups in total. The van der Waals surface area contributed by atoms with Crippen molar-refractivity contribution in [2.45, 2.75) is 25.5 Å². The molecule has 0 bridgehead atoms. The molecule has 0 spiro atoms. The molecule has 3 aromatic rings. The molecule has 1 aromatic carbocycles. The number of nitrogens with one attached hydrogen (secondary N) is 2. The van der Waals surface area contributed by atoms with Crippen molar-refractivity contribution in [1.82, 2.24) is 25.0 Å². The number of hydrogen-bond acceptors (Lipinski definition) is 7. The van der Waals surface area contributed by atoms with Crippen molar-refractivity contribution in [3.63, 3.8) is 0 Å². The first-order valence-electron chi connectivity index (χ1n) is 11.3. The largest absolute Gasteiger partial charge is 0.485 e. The Bertz CT molecular complexity index is 1210. The van der Waals surface area contributed by atoms with Crippen LogP contribution in [-0.4, -0.2) is 57.2 Å². The van der Waals surface area contributed by atoms with Gasteiger partial charge in [0, 0.05) is 32.3 Å². The molecule has 180 valence electrons. The van der Waals surface area contributed by atoms with E-state index in [9.17, 15) is 9.59 Å². The number of hydrogen-bond donors (Lipinski definition) is 2. The zero-order valence-corrected chi connectivity index (χ0v) is 19.6. The van der Waals surface area contributed by atoms with Crippen LogP contribution in [0.25, 0.3) is 0 Å². The van der Waals surface area contributed by atoms with E-state index in [0.717, 1.165) is 11.1 Å². The van der Waals surface area contributed by atoms with Gasteiger partial charge in [-0.25, -0.2) is 4.98 Å². The molecule has 4 rings (SSSR count). The van der Waals surface area contributed by atoms with Crippen LogP contribution >= 0.6 is 0 Å². The van der Waals surface area contributed by atoms with Crippen molar-refractivity contribution in [3.8, 4) is 11.8 Å². The number of pyridine rings is 1. The Morgan fingerprint density at radius 3 is 2.57 bits per heavy atom. The molecule has 1 aliphatic heterocycles. The van der Waals surface area contributed by atoms with Crippen LogP contribution < -0.4 is 15.4 Å². The van der Waals surface area contributed by atoms with Gasteiger partial charge in [0.15, 0.2) is 0 Å².